The first-order valence-electron chi connectivity index (χ1n) is 6.77. The minimum Gasteiger partial charge on any atom is -0.393 e. The number of aliphatic hydroxyl groups is 1. The first-order valence-corrected chi connectivity index (χ1v) is 7.56. The average Bonchev–Trinajstić information content (AvgIpc) is 2.83. The van der Waals surface area contributed by atoms with Gasteiger partial charge in [0.05, 0.1) is 6.10 Å². The molecule has 2 rings (SSSR count). The van der Waals surface area contributed by atoms with Crippen LogP contribution in [-0.2, 0) is 6.42 Å². The molecule has 1 aliphatic carbocycles. The monoisotopic (exact) mass is 314 g/mol. The van der Waals surface area contributed by atoms with Crippen molar-refractivity contribution >= 4 is 15.9 Å². The first-order chi connectivity index (χ1) is 8.65. The summed E-state index contributed by atoms with van der Waals surface area (Å²) >= 11 is 3.34. The highest BCUT2D eigenvalue weighted by Crippen LogP contribution is 2.29. The van der Waals surface area contributed by atoms with Crippen LogP contribution in [-0.4, -0.2) is 11.2 Å². The molecule has 3 heteroatoms. The fourth-order valence-corrected chi connectivity index (χ4v) is 3.28. The number of aliphatic hydroxyl groups excluding tert-OH is 1. The molecule has 18 heavy (non-hydrogen) atoms. The van der Waals surface area contributed by atoms with E-state index in [0.717, 1.165) is 28.8 Å². The predicted octanol–water partition coefficient (Wildman–Crippen LogP) is 4.46. The normalized spacial score (nSPS) is 18.2. The Labute approximate surface area is 117 Å². The molecule has 0 amide bonds. The molecule has 1 N–H and O–H groups in total. The highest BCUT2D eigenvalue weighted by Gasteiger charge is 2.17. The van der Waals surface area contributed by atoms with Gasteiger partial charge in [-0.25, -0.2) is 4.39 Å². The molecule has 0 bridgehead atoms. The van der Waals surface area contributed by atoms with Gasteiger partial charge in [0.15, 0.2) is 0 Å². The third kappa shape index (κ3) is 4.06. The van der Waals surface area contributed by atoms with Gasteiger partial charge in [-0.1, -0.05) is 47.7 Å². The lowest BCUT2D eigenvalue weighted by Gasteiger charge is -2.14. The first kappa shape index (κ1) is 14.0. The quantitative estimate of drug-likeness (QED) is 0.850. The summed E-state index contributed by atoms with van der Waals surface area (Å²) in [6.45, 7) is 0. The van der Waals surface area contributed by atoms with E-state index in [4.69, 9.17) is 0 Å². The SMILES string of the molecule is OC(CCC1CCCC1)Cc1ccc(F)cc1Br. The standard InChI is InChI=1S/C15H20BrFO/c16-15-10-13(17)7-6-12(15)9-14(18)8-5-11-3-1-2-4-11/h6-7,10-11,14,18H,1-5,8-9H2. The van der Waals surface area contributed by atoms with E-state index in [-0.39, 0.29) is 11.9 Å². The molecule has 0 radical (unpaired) electrons. The van der Waals surface area contributed by atoms with Crippen LogP contribution in [0.1, 0.15) is 44.1 Å². The third-order valence-corrected chi connectivity index (χ3v) is 4.59. The second-order valence-corrected chi connectivity index (χ2v) is 6.18. The Morgan fingerprint density at radius 2 is 2.06 bits per heavy atom. The molecule has 1 aliphatic rings. The van der Waals surface area contributed by atoms with Gasteiger partial charge in [-0.05, 0) is 42.9 Å². The third-order valence-electron chi connectivity index (χ3n) is 3.85. The van der Waals surface area contributed by atoms with E-state index >= 15 is 0 Å². The van der Waals surface area contributed by atoms with Crippen molar-refractivity contribution in [1.29, 1.82) is 0 Å². The summed E-state index contributed by atoms with van der Waals surface area (Å²) in [5, 5.41) is 10.0. The van der Waals surface area contributed by atoms with Crippen molar-refractivity contribution in [3.05, 3.63) is 34.1 Å². The van der Waals surface area contributed by atoms with Crippen molar-refractivity contribution < 1.29 is 9.50 Å². The summed E-state index contributed by atoms with van der Waals surface area (Å²) in [6.07, 6.45) is 7.63. The van der Waals surface area contributed by atoms with E-state index in [0.29, 0.717) is 6.42 Å². The molecular weight excluding hydrogens is 295 g/mol. The maximum Gasteiger partial charge on any atom is 0.124 e. The van der Waals surface area contributed by atoms with E-state index in [2.05, 4.69) is 15.9 Å². The van der Waals surface area contributed by atoms with Gasteiger partial charge in [-0.3, -0.25) is 0 Å². The van der Waals surface area contributed by atoms with Crippen LogP contribution < -0.4 is 0 Å². The Balaban J connectivity index is 1.80. The minimum atomic E-state index is -0.313. The van der Waals surface area contributed by atoms with Gasteiger partial charge in [0, 0.05) is 4.47 Å². The minimum absolute atomic E-state index is 0.244. The van der Waals surface area contributed by atoms with E-state index in [1.807, 2.05) is 0 Å². The molecule has 0 aromatic heterocycles. The van der Waals surface area contributed by atoms with Crippen molar-refractivity contribution in [3.63, 3.8) is 0 Å². The van der Waals surface area contributed by atoms with E-state index in [9.17, 15) is 9.50 Å². The summed E-state index contributed by atoms with van der Waals surface area (Å²) < 4.78 is 13.7. The smallest absolute Gasteiger partial charge is 0.124 e. The lowest BCUT2D eigenvalue weighted by molar-refractivity contribution is 0.154. The summed E-state index contributed by atoms with van der Waals surface area (Å²) in [7, 11) is 0. The molecule has 1 unspecified atom stereocenters. The number of hydrogen-bond donors (Lipinski definition) is 1. The zero-order valence-corrected chi connectivity index (χ0v) is 12.1. The van der Waals surface area contributed by atoms with Gasteiger partial charge in [0.2, 0.25) is 0 Å². The molecule has 0 heterocycles. The molecule has 100 valence electrons. The largest absolute Gasteiger partial charge is 0.393 e. The Hall–Kier alpha value is -0.410. The van der Waals surface area contributed by atoms with Crippen molar-refractivity contribution in [1.82, 2.24) is 0 Å². The van der Waals surface area contributed by atoms with Crippen LogP contribution in [0.5, 0.6) is 0 Å². The Morgan fingerprint density at radius 1 is 1.33 bits per heavy atom. The van der Waals surface area contributed by atoms with E-state index in [1.165, 1.54) is 37.8 Å². The molecule has 1 aromatic carbocycles. The highest BCUT2D eigenvalue weighted by atomic mass is 79.9. The van der Waals surface area contributed by atoms with Crippen LogP contribution in [0.15, 0.2) is 22.7 Å². The lowest BCUT2D eigenvalue weighted by Crippen LogP contribution is -2.12. The molecule has 1 fully saturated rings. The van der Waals surface area contributed by atoms with Crippen molar-refractivity contribution in [2.75, 3.05) is 0 Å². The maximum absolute atomic E-state index is 12.9. The van der Waals surface area contributed by atoms with Crippen molar-refractivity contribution in [2.24, 2.45) is 5.92 Å². The summed E-state index contributed by atoms with van der Waals surface area (Å²) in [4.78, 5) is 0. The van der Waals surface area contributed by atoms with Crippen molar-refractivity contribution in [2.45, 2.75) is 51.0 Å². The van der Waals surface area contributed by atoms with E-state index < -0.39 is 0 Å². The summed E-state index contributed by atoms with van der Waals surface area (Å²) in [6, 6.07) is 4.65. The molecule has 1 atom stereocenters. The Bertz CT molecular complexity index is 388. The molecule has 0 spiro atoms. The fourth-order valence-electron chi connectivity index (χ4n) is 2.77. The van der Waals surface area contributed by atoms with Crippen molar-refractivity contribution in [3.8, 4) is 0 Å². The van der Waals surface area contributed by atoms with Crippen LogP contribution in [0.25, 0.3) is 0 Å². The molecule has 0 saturated heterocycles. The number of halogens is 2. The van der Waals surface area contributed by atoms with Gasteiger partial charge < -0.3 is 5.11 Å². The Kier molecular flexibility index (Phi) is 5.19. The van der Waals surface area contributed by atoms with Crippen LogP contribution in [0.2, 0.25) is 0 Å². The highest BCUT2D eigenvalue weighted by molar-refractivity contribution is 9.10. The number of hydrogen-bond acceptors (Lipinski definition) is 1. The molecule has 1 saturated carbocycles. The zero-order chi connectivity index (χ0) is 13.0. The van der Waals surface area contributed by atoms with Crippen LogP contribution in [0.3, 0.4) is 0 Å². The summed E-state index contributed by atoms with van der Waals surface area (Å²) in [5.74, 6) is 0.572. The maximum atomic E-state index is 12.9. The predicted molar refractivity (Wildman–Crippen MR) is 75.0 cm³/mol. The number of rotatable bonds is 5. The second-order valence-electron chi connectivity index (χ2n) is 5.32. The molecule has 0 aliphatic heterocycles. The molecule has 1 aromatic rings. The van der Waals surface area contributed by atoms with Gasteiger partial charge >= 0.3 is 0 Å². The number of benzene rings is 1. The zero-order valence-electron chi connectivity index (χ0n) is 10.5. The second kappa shape index (κ2) is 6.67. The van der Waals surface area contributed by atoms with Crippen LogP contribution in [0, 0.1) is 11.7 Å². The van der Waals surface area contributed by atoms with E-state index in [1.54, 1.807) is 6.07 Å². The average molecular weight is 315 g/mol. The van der Waals surface area contributed by atoms with Gasteiger partial charge in [0.25, 0.3) is 0 Å². The van der Waals surface area contributed by atoms with Gasteiger partial charge in [0.1, 0.15) is 5.82 Å². The topological polar surface area (TPSA) is 20.2 Å². The van der Waals surface area contributed by atoms with Crippen LogP contribution in [0.4, 0.5) is 4.39 Å². The van der Waals surface area contributed by atoms with Gasteiger partial charge in [-0.2, -0.15) is 0 Å². The summed E-state index contributed by atoms with van der Waals surface area (Å²) in [5.41, 5.74) is 0.982. The lowest BCUT2D eigenvalue weighted by atomic mass is 9.97. The molecule has 1 nitrogen and oxygen atoms in total. The fraction of sp³-hybridized carbons (Fsp3) is 0.600. The van der Waals surface area contributed by atoms with Gasteiger partial charge in [-0.15, -0.1) is 0 Å². The molecular formula is C15H20BrFO. The van der Waals surface area contributed by atoms with Crippen LogP contribution >= 0.6 is 15.9 Å². The Morgan fingerprint density at radius 3 is 2.72 bits per heavy atom.